The topological polar surface area (TPSA) is 344 Å². The minimum Gasteiger partial charge on any atom is -0.507 e. The number of hydrazine groups is 1. The number of phenolic OH excluding ortho intramolecular Hbond substituents is 4. The molecule has 1 amide bonds. The SMILES string of the molecule is CC(Cc1ccc(O)c(O)c1)(NN)C(=O)O.O=C(NCCc1ccc(O)c(O)c1)Oc1ccc(/C(=C2/C=CC(=O)C(C(=O)O)=C2)c2ccc(O)c(C(=O)O)c2)cc1C(=O)O. The first-order valence-electron chi connectivity index (χ1n) is 17.3. The molecule has 0 fully saturated rings. The molecule has 0 radical (unpaired) electrons. The smallest absolute Gasteiger partial charge is 0.412 e. The van der Waals surface area contributed by atoms with Gasteiger partial charge >= 0.3 is 30.0 Å². The standard InChI is InChI=1S/C31H23NO12.C10H14N2O4/c33-22-6-2-16(12-19(22)28(37)38)27(17-3-7-23(34)20(13-17)29(39)40)18-4-8-26(21(14-18)30(41)42)44-31(43)32-10-9-15-1-5-24(35)25(36)11-15;1-10(12-11,9(15)16)5-6-2-3-7(13)8(14)4-6/h1-8,11-14,33,35-36H,9-10H2,(H,32,43)(H,37,38)(H,39,40)(H,41,42);2-4,12-14H,5,11H2,1H3,(H,15,16)/b27-17-;. The van der Waals surface area contributed by atoms with Crippen LogP contribution in [0, 0.1) is 0 Å². The molecule has 0 aliphatic heterocycles. The highest BCUT2D eigenvalue weighted by atomic mass is 16.6. The van der Waals surface area contributed by atoms with E-state index in [0.29, 0.717) is 11.1 Å². The Morgan fingerprint density at radius 1 is 0.667 bits per heavy atom. The highest BCUT2D eigenvalue weighted by Crippen LogP contribution is 2.35. The number of ether oxygens (including phenoxy) is 1. The normalized spacial score (nSPS) is 13.8. The number of aliphatic carboxylic acids is 2. The Morgan fingerprint density at radius 3 is 1.77 bits per heavy atom. The number of carboxylic acids is 4. The summed E-state index contributed by atoms with van der Waals surface area (Å²) in [6, 6.07) is 15.4. The lowest BCUT2D eigenvalue weighted by molar-refractivity contribution is -0.144. The number of amides is 1. The van der Waals surface area contributed by atoms with Crippen LogP contribution in [-0.2, 0) is 27.2 Å². The van der Waals surface area contributed by atoms with E-state index >= 15 is 0 Å². The third-order valence-electron chi connectivity index (χ3n) is 8.83. The second-order valence-corrected chi connectivity index (χ2v) is 13.1. The molecule has 1 atom stereocenters. The van der Waals surface area contributed by atoms with Crippen molar-refractivity contribution in [1.29, 1.82) is 0 Å². The fraction of sp³-hybridized carbons (Fsp3) is 0.122. The van der Waals surface area contributed by atoms with Gasteiger partial charge in [-0.05, 0) is 107 Å². The van der Waals surface area contributed by atoms with Crippen molar-refractivity contribution in [2.24, 2.45) is 5.84 Å². The van der Waals surface area contributed by atoms with Gasteiger partial charge in [0.15, 0.2) is 28.8 Å². The van der Waals surface area contributed by atoms with Crippen molar-refractivity contribution in [2.45, 2.75) is 25.3 Å². The van der Waals surface area contributed by atoms with Crippen LogP contribution in [0.4, 0.5) is 4.79 Å². The van der Waals surface area contributed by atoms with Gasteiger partial charge in [-0.15, -0.1) is 0 Å². The van der Waals surface area contributed by atoms with Crippen molar-refractivity contribution in [3.8, 4) is 34.5 Å². The van der Waals surface area contributed by atoms with Gasteiger partial charge in [0.1, 0.15) is 33.7 Å². The van der Waals surface area contributed by atoms with Crippen LogP contribution in [-0.4, -0.2) is 93.8 Å². The number of benzene rings is 4. The molecular formula is C41H37N3O16. The monoisotopic (exact) mass is 827 g/mol. The molecule has 60 heavy (non-hydrogen) atoms. The Balaban J connectivity index is 0.000000416. The van der Waals surface area contributed by atoms with Gasteiger partial charge in [-0.1, -0.05) is 30.3 Å². The van der Waals surface area contributed by atoms with Crippen LogP contribution >= 0.6 is 0 Å². The quantitative estimate of drug-likeness (QED) is 0.0397. The molecule has 0 heterocycles. The number of allylic oxidation sites excluding steroid dienone is 4. The van der Waals surface area contributed by atoms with Gasteiger partial charge in [0, 0.05) is 13.0 Å². The molecule has 0 saturated carbocycles. The molecule has 1 aliphatic carbocycles. The van der Waals surface area contributed by atoms with E-state index in [2.05, 4.69) is 10.7 Å². The number of phenols is 5. The molecule has 0 spiro atoms. The number of carbonyl (C=O) groups is 6. The van der Waals surface area contributed by atoms with Crippen LogP contribution in [0.15, 0.2) is 102 Å². The first-order valence-corrected chi connectivity index (χ1v) is 17.3. The van der Waals surface area contributed by atoms with E-state index < -0.39 is 63.7 Å². The molecule has 4 aromatic rings. The second kappa shape index (κ2) is 18.9. The fourth-order valence-electron chi connectivity index (χ4n) is 5.60. The summed E-state index contributed by atoms with van der Waals surface area (Å²) in [5, 5.41) is 87.7. The van der Waals surface area contributed by atoms with Crippen LogP contribution in [0.1, 0.15) is 49.9 Å². The van der Waals surface area contributed by atoms with Gasteiger partial charge in [0.2, 0.25) is 0 Å². The Labute approximate surface area is 338 Å². The Hall–Kier alpha value is -8.16. The third kappa shape index (κ3) is 10.8. The van der Waals surface area contributed by atoms with Crippen LogP contribution < -0.4 is 21.3 Å². The van der Waals surface area contributed by atoms with Crippen molar-refractivity contribution >= 4 is 41.3 Å². The number of nitrogens with two attached hydrogens (primary N) is 1. The minimum atomic E-state index is -1.52. The molecule has 0 saturated heterocycles. The molecule has 19 nitrogen and oxygen atoms in total. The number of carbonyl (C=O) groups excluding carboxylic acids is 2. The summed E-state index contributed by atoms with van der Waals surface area (Å²) < 4.78 is 5.21. The minimum absolute atomic E-state index is 0.0375. The molecule has 4 aromatic carbocycles. The summed E-state index contributed by atoms with van der Waals surface area (Å²) in [5.74, 6) is -3.25. The highest BCUT2D eigenvalue weighted by Gasteiger charge is 2.32. The molecule has 1 unspecified atom stereocenters. The number of rotatable bonds is 13. The maximum absolute atomic E-state index is 12.4. The predicted octanol–water partition coefficient (Wildman–Crippen LogP) is 3.43. The van der Waals surface area contributed by atoms with Gasteiger partial charge in [-0.25, -0.2) is 24.6 Å². The summed E-state index contributed by atoms with van der Waals surface area (Å²) in [6.07, 6.45) is 2.68. The molecule has 19 heteroatoms. The Bertz CT molecular complexity index is 2490. The molecule has 312 valence electrons. The van der Waals surface area contributed by atoms with E-state index in [0.717, 1.165) is 30.4 Å². The molecule has 5 rings (SSSR count). The Kier molecular flexibility index (Phi) is 14.0. The number of aromatic carboxylic acids is 2. The second-order valence-electron chi connectivity index (χ2n) is 13.1. The van der Waals surface area contributed by atoms with Crippen LogP contribution in [0.5, 0.6) is 34.5 Å². The maximum Gasteiger partial charge on any atom is 0.412 e. The predicted molar refractivity (Wildman–Crippen MR) is 209 cm³/mol. The van der Waals surface area contributed by atoms with Gasteiger partial charge in [-0.2, -0.15) is 0 Å². The van der Waals surface area contributed by atoms with Crippen molar-refractivity contribution < 1.29 is 79.5 Å². The van der Waals surface area contributed by atoms with Crippen molar-refractivity contribution in [2.75, 3.05) is 6.54 Å². The summed E-state index contributed by atoms with van der Waals surface area (Å²) in [7, 11) is 0. The van der Waals surface area contributed by atoms with Crippen LogP contribution in [0.25, 0.3) is 5.57 Å². The first-order chi connectivity index (χ1) is 28.2. The average Bonchev–Trinajstić information content (AvgIpc) is 3.19. The maximum atomic E-state index is 12.4. The van der Waals surface area contributed by atoms with Crippen molar-refractivity contribution in [3.63, 3.8) is 0 Å². The number of aromatic hydroxyl groups is 5. The molecule has 0 aromatic heterocycles. The van der Waals surface area contributed by atoms with Crippen LogP contribution in [0.3, 0.4) is 0 Å². The van der Waals surface area contributed by atoms with Gasteiger partial charge in [-0.3, -0.25) is 15.4 Å². The zero-order valence-electron chi connectivity index (χ0n) is 31.2. The molecule has 0 bridgehead atoms. The largest absolute Gasteiger partial charge is 0.507 e. The lowest BCUT2D eigenvalue weighted by atomic mass is 9.87. The van der Waals surface area contributed by atoms with E-state index in [-0.39, 0.29) is 70.4 Å². The first kappa shape index (κ1) is 44.6. The van der Waals surface area contributed by atoms with Gasteiger partial charge < -0.3 is 56.0 Å². The van der Waals surface area contributed by atoms with E-state index in [1.165, 1.54) is 67.6 Å². The zero-order chi connectivity index (χ0) is 44.5. The number of ketones is 1. The summed E-state index contributed by atoms with van der Waals surface area (Å²) >= 11 is 0. The summed E-state index contributed by atoms with van der Waals surface area (Å²) in [6.45, 7) is 1.47. The number of nitrogens with one attached hydrogen (secondary N) is 2. The number of hydrogen-bond donors (Lipinski definition) is 12. The molecular weight excluding hydrogens is 790 g/mol. The summed E-state index contributed by atoms with van der Waals surface area (Å²) in [4.78, 5) is 71.1. The third-order valence-corrected chi connectivity index (χ3v) is 8.83. The van der Waals surface area contributed by atoms with E-state index in [1.807, 2.05) is 0 Å². The molecule has 13 N–H and O–H groups in total. The van der Waals surface area contributed by atoms with E-state index in [1.54, 1.807) is 0 Å². The Morgan fingerprint density at radius 2 is 1.22 bits per heavy atom. The van der Waals surface area contributed by atoms with Crippen molar-refractivity contribution in [3.05, 3.63) is 136 Å². The lowest BCUT2D eigenvalue weighted by Crippen LogP contribution is -2.54. The van der Waals surface area contributed by atoms with E-state index in [4.69, 9.17) is 20.8 Å². The van der Waals surface area contributed by atoms with Crippen molar-refractivity contribution in [1.82, 2.24) is 10.7 Å². The van der Waals surface area contributed by atoms with E-state index in [9.17, 15) is 64.5 Å². The fourth-order valence-corrected chi connectivity index (χ4v) is 5.60. The summed E-state index contributed by atoms with van der Waals surface area (Å²) in [5.41, 5.74) is 0.989. The van der Waals surface area contributed by atoms with Gasteiger partial charge in [0.25, 0.3) is 0 Å². The van der Waals surface area contributed by atoms with Crippen LogP contribution in [0.2, 0.25) is 0 Å². The average molecular weight is 828 g/mol. The number of carboxylic acid groups (broad SMARTS) is 4. The van der Waals surface area contributed by atoms with Gasteiger partial charge in [0.05, 0.1) is 0 Å². The molecule has 1 aliphatic rings. The zero-order valence-corrected chi connectivity index (χ0v) is 31.2. The highest BCUT2D eigenvalue weighted by molar-refractivity contribution is 6.23. The number of hydrogen-bond acceptors (Lipinski definition) is 14. The lowest BCUT2D eigenvalue weighted by Gasteiger charge is -2.23.